The van der Waals surface area contributed by atoms with Gasteiger partial charge in [0.05, 0.1) is 4.90 Å². The van der Waals surface area contributed by atoms with E-state index in [2.05, 4.69) is 20.2 Å². The lowest BCUT2D eigenvalue weighted by atomic mass is 10.0. The van der Waals surface area contributed by atoms with Crippen molar-refractivity contribution in [3.63, 3.8) is 0 Å². The van der Waals surface area contributed by atoms with Crippen LogP contribution in [0, 0.1) is 12.8 Å². The van der Waals surface area contributed by atoms with Gasteiger partial charge in [-0.25, -0.2) is 13.1 Å². The molecular formula is C19H26N4O4S. The van der Waals surface area contributed by atoms with E-state index in [0.717, 1.165) is 12.8 Å². The van der Waals surface area contributed by atoms with Crippen molar-refractivity contribution in [2.75, 3.05) is 6.54 Å². The molecule has 1 fully saturated rings. The predicted octanol–water partition coefficient (Wildman–Crippen LogP) is 2.68. The van der Waals surface area contributed by atoms with E-state index >= 15 is 0 Å². The van der Waals surface area contributed by atoms with Crippen LogP contribution in [-0.4, -0.2) is 31.0 Å². The molecule has 8 nitrogen and oxygen atoms in total. The van der Waals surface area contributed by atoms with E-state index in [0.29, 0.717) is 28.8 Å². The number of sulfonamides is 1. The fraction of sp³-hybridized carbons (Fsp3) is 0.526. The highest BCUT2D eigenvalue weighted by Crippen LogP contribution is 2.38. The van der Waals surface area contributed by atoms with Crippen molar-refractivity contribution in [1.82, 2.24) is 20.2 Å². The van der Waals surface area contributed by atoms with E-state index in [-0.39, 0.29) is 23.3 Å². The number of benzene rings is 1. The van der Waals surface area contributed by atoms with Crippen molar-refractivity contribution >= 4 is 15.9 Å². The average molecular weight is 407 g/mol. The van der Waals surface area contributed by atoms with Crippen LogP contribution in [0.25, 0.3) is 0 Å². The summed E-state index contributed by atoms with van der Waals surface area (Å²) in [6.07, 6.45) is 2.12. The quantitative estimate of drug-likeness (QED) is 0.697. The molecule has 1 aromatic heterocycles. The van der Waals surface area contributed by atoms with Gasteiger partial charge in [-0.3, -0.25) is 4.79 Å². The van der Waals surface area contributed by atoms with Gasteiger partial charge in [0.15, 0.2) is 5.82 Å². The summed E-state index contributed by atoms with van der Waals surface area (Å²) in [5.74, 6) is 1.06. The second-order valence-corrected chi connectivity index (χ2v) is 9.21. The molecule has 28 heavy (non-hydrogen) atoms. The van der Waals surface area contributed by atoms with Crippen molar-refractivity contribution in [3.8, 4) is 0 Å². The second-order valence-electron chi connectivity index (χ2n) is 7.44. The summed E-state index contributed by atoms with van der Waals surface area (Å²) in [5, 5.41) is 6.94. The van der Waals surface area contributed by atoms with Crippen LogP contribution < -0.4 is 10.0 Å². The van der Waals surface area contributed by atoms with Gasteiger partial charge in [0, 0.05) is 18.0 Å². The zero-order valence-electron chi connectivity index (χ0n) is 16.5. The Labute approximate surface area is 165 Å². The van der Waals surface area contributed by atoms with Gasteiger partial charge in [-0.2, -0.15) is 4.98 Å². The standard InChI is InChI=1S/C19H26N4O4S/c1-5-20-28(25,26)14-9-6-12(4)15(10-14)18(24)21-16(11(2)3)19-22-17(23-27-19)13-7-8-13/h6,9-11,13,16,20H,5,7-8H2,1-4H3,(H,21,24). The topological polar surface area (TPSA) is 114 Å². The molecular weight excluding hydrogens is 380 g/mol. The number of carbonyl (C=O) groups is 1. The minimum atomic E-state index is -3.65. The number of carbonyl (C=O) groups excluding carboxylic acids is 1. The minimum Gasteiger partial charge on any atom is -0.340 e. The van der Waals surface area contributed by atoms with Crippen LogP contribution in [0.1, 0.15) is 73.2 Å². The van der Waals surface area contributed by atoms with Crippen LogP contribution in [0.3, 0.4) is 0 Å². The molecule has 1 amide bonds. The summed E-state index contributed by atoms with van der Waals surface area (Å²) in [5.41, 5.74) is 0.978. The SMILES string of the molecule is CCNS(=O)(=O)c1ccc(C)c(C(=O)NC(c2nc(C3CC3)no2)C(C)C)c1. The Hall–Kier alpha value is -2.26. The molecule has 152 valence electrons. The first-order valence-corrected chi connectivity index (χ1v) is 11.0. The monoisotopic (exact) mass is 406 g/mol. The lowest BCUT2D eigenvalue weighted by Crippen LogP contribution is -2.32. The molecule has 1 unspecified atom stereocenters. The van der Waals surface area contributed by atoms with E-state index in [1.54, 1.807) is 19.9 Å². The molecule has 9 heteroatoms. The molecule has 3 rings (SSSR count). The zero-order valence-corrected chi connectivity index (χ0v) is 17.3. The molecule has 0 aliphatic heterocycles. The first-order chi connectivity index (χ1) is 13.2. The average Bonchev–Trinajstić information content (AvgIpc) is 3.37. The molecule has 1 aliphatic carbocycles. The van der Waals surface area contributed by atoms with Crippen molar-refractivity contribution in [3.05, 3.63) is 41.0 Å². The van der Waals surface area contributed by atoms with Gasteiger partial charge in [0.1, 0.15) is 6.04 Å². The van der Waals surface area contributed by atoms with Crippen molar-refractivity contribution in [2.24, 2.45) is 5.92 Å². The summed E-state index contributed by atoms with van der Waals surface area (Å²) < 4.78 is 32.4. The lowest BCUT2D eigenvalue weighted by Gasteiger charge is -2.19. The highest BCUT2D eigenvalue weighted by atomic mass is 32.2. The lowest BCUT2D eigenvalue weighted by molar-refractivity contribution is 0.0913. The van der Waals surface area contributed by atoms with Crippen LogP contribution in [0.15, 0.2) is 27.6 Å². The number of nitrogens with zero attached hydrogens (tertiary/aromatic N) is 2. The number of aromatic nitrogens is 2. The molecule has 0 radical (unpaired) electrons. The Morgan fingerprint density at radius 3 is 2.64 bits per heavy atom. The van der Waals surface area contributed by atoms with E-state index in [4.69, 9.17) is 4.52 Å². The van der Waals surface area contributed by atoms with Crippen LogP contribution in [0.5, 0.6) is 0 Å². The smallest absolute Gasteiger partial charge is 0.252 e. The maximum Gasteiger partial charge on any atom is 0.252 e. The van der Waals surface area contributed by atoms with E-state index in [1.807, 2.05) is 13.8 Å². The Bertz CT molecular complexity index is 964. The molecule has 1 saturated carbocycles. The van der Waals surface area contributed by atoms with Crippen molar-refractivity contribution in [2.45, 2.75) is 57.4 Å². The zero-order chi connectivity index (χ0) is 20.5. The highest BCUT2D eigenvalue weighted by Gasteiger charge is 2.32. The first kappa shape index (κ1) is 20.5. The first-order valence-electron chi connectivity index (χ1n) is 9.47. The molecule has 0 bridgehead atoms. The van der Waals surface area contributed by atoms with E-state index in [1.165, 1.54) is 12.1 Å². The molecule has 1 aliphatic rings. The fourth-order valence-corrected chi connectivity index (χ4v) is 3.97. The Balaban J connectivity index is 1.85. The van der Waals surface area contributed by atoms with Gasteiger partial charge in [0.2, 0.25) is 15.9 Å². The number of hydrogen-bond donors (Lipinski definition) is 2. The second kappa shape index (κ2) is 8.00. The molecule has 0 spiro atoms. The van der Waals surface area contributed by atoms with Gasteiger partial charge in [-0.05, 0) is 43.4 Å². The largest absolute Gasteiger partial charge is 0.340 e. The number of amides is 1. The number of aryl methyl sites for hydroxylation is 1. The van der Waals surface area contributed by atoms with E-state index < -0.39 is 16.1 Å². The summed E-state index contributed by atoms with van der Waals surface area (Å²) in [6.45, 7) is 7.64. The van der Waals surface area contributed by atoms with Gasteiger partial charge in [0.25, 0.3) is 5.91 Å². The van der Waals surface area contributed by atoms with Crippen LogP contribution in [-0.2, 0) is 10.0 Å². The van der Waals surface area contributed by atoms with Crippen molar-refractivity contribution in [1.29, 1.82) is 0 Å². The van der Waals surface area contributed by atoms with Gasteiger partial charge >= 0.3 is 0 Å². The highest BCUT2D eigenvalue weighted by molar-refractivity contribution is 7.89. The molecule has 0 saturated heterocycles. The van der Waals surface area contributed by atoms with Gasteiger partial charge in [-0.15, -0.1) is 0 Å². The Morgan fingerprint density at radius 2 is 2.04 bits per heavy atom. The number of hydrogen-bond acceptors (Lipinski definition) is 6. The molecule has 1 heterocycles. The summed E-state index contributed by atoms with van der Waals surface area (Å²) >= 11 is 0. The Morgan fingerprint density at radius 1 is 1.32 bits per heavy atom. The van der Waals surface area contributed by atoms with Crippen molar-refractivity contribution < 1.29 is 17.7 Å². The van der Waals surface area contributed by atoms with Gasteiger partial charge < -0.3 is 9.84 Å². The van der Waals surface area contributed by atoms with Crippen LogP contribution in [0.2, 0.25) is 0 Å². The maximum absolute atomic E-state index is 12.9. The third kappa shape index (κ3) is 4.41. The third-order valence-corrected chi connectivity index (χ3v) is 6.26. The normalized spacial score (nSPS) is 15.6. The predicted molar refractivity (Wildman–Crippen MR) is 103 cm³/mol. The molecule has 2 aromatic rings. The summed E-state index contributed by atoms with van der Waals surface area (Å²) in [7, 11) is -3.65. The minimum absolute atomic E-state index is 0.0189. The molecule has 1 aromatic carbocycles. The van der Waals surface area contributed by atoms with Gasteiger partial charge in [-0.1, -0.05) is 32.0 Å². The van der Waals surface area contributed by atoms with E-state index in [9.17, 15) is 13.2 Å². The molecule has 1 atom stereocenters. The van der Waals surface area contributed by atoms with Crippen LogP contribution in [0.4, 0.5) is 0 Å². The maximum atomic E-state index is 12.9. The summed E-state index contributed by atoms with van der Waals surface area (Å²) in [6, 6.07) is 4.05. The third-order valence-electron chi connectivity index (χ3n) is 4.72. The van der Waals surface area contributed by atoms with Crippen LogP contribution >= 0.6 is 0 Å². The summed E-state index contributed by atoms with van der Waals surface area (Å²) in [4.78, 5) is 17.4. The number of nitrogens with one attached hydrogen (secondary N) is 2. The molecule has 2 N–H and O–H groups in total. The number of rotatable bonds is 8. The fourth-order valence-electron chi connectivity index (χ4n) is 2.90. The Kier molecular flexibility index (Phi) is 5.85.